The molecule has 96 valence electrons. The summed E-state index contributed by atoms with van der Waals surface area (Å²) >= 11 is 0. The molecule has 0 saturated heterocycles. The van der Waals surface area contributed by atoms with Crippen LogP contribution in [-0.2, 0) is 15.0 Å². The first kappa shape index (κ1) is 12.8. The Morgan fingerprint density at radius 2 is 1.00 bits per heavy atom. The number of primary amides is 2. The van der Waals surface area contributed by atoms with Gasteiger partial charge in [0.15, 0.2) is 5.41 Å². The van der Waals surface area contributed by atoms with Crippen molar-refractivity contribution in [2.24, 2.45) is 11.5 Å². The first-order valence-corrected chi connectivity index (χ1v) is 5.81. The van der Waals surface area contributed by atoms with Crippen LogP contribution < -0.4 is 11.5 Å². The Bertz CT molecular complexity index is 539. The zero-order valence-electron chi connectivity index (χ0n) is 10.2. The second kappa shape index (κ2) is 4.94. The number of carbonyl (C=O) groups is 2. The first-order valence-electron chi connectivity index (χ1n) is 5.81. The topological polar surface area (TPSA) is 86.2 Å². The van der Waals surface area contributed by atoms with E-state index in [1.165, 1.54) is 0 Å². The van der Waals surface area contributed by atoms with Gasteiger partial charge in [-0.05, 0) is 11.1 Å². The maximum atomic E-state index is 12.0. The Kier molecular flexibility index (Phi) is 3.33. The molecule has 4 heteroatoms. The molecule has 0 radical (unpaired) electrons. The summed E-state index contributed by atoms with van der Waals surface area (Å²) in [5, 5.41) is 0. The lowest BCUT2D eigenvalue weighted by Crippen LogP contribution is -2.52. The quantitative estimate of drug-likeness (QED) is 0.796. The summed E-state index contributed by atoms with van der Waals surface area (Å²) in [6.07, 6.45) is 0. The van der Waals surface area contributed by atoms with E-state index in [-0.39, 0.29) is 0 Å². The van der Waals surface area contributed by atoms with E-state index in [0.717, 1.165) is 0 Å². The summed E-state index contributed by atoms with van der Waals surface area (Å²) in [5.74, 6) is -1.56. The van der Waals surface area contributed by atoms with Gasteiger partial charge in [-0.15, -0.1) is 0 Å². The third-order valence-electron chi connectivity index (χ3n) is 3.15. The molecule has 0 aromatic heterocycles. The summed E-state index contributed by atoms with van der Waals surface area (Å²) in [6.45, 7) is 0. The van der Waals surface area contributed by atoms with Crippen LogP contribution in [0.1, 0.15) is 11.1 Å². The third-order valence-corrected chi connectivity index (χ3v) is 3.15. The number of carbonyl (C=O) groups excluding carboxylic acids is 2. The number of rotatable bonds is 4. The van der Waals surface area contributed by atoms with E-state index in [0.29, 0.717) is 11.1 Å². The van der Waals surface area contributed by atoms with Gasteiger partial charge < -0.3 is 11.5 Å². The van der Waals surface area contributed by atoms with Crippen molar-refractivity contribution in [1.29, 1.82) is 0 Å². The Labute approximate surface area is 111 Å². The zero-order valence-corrected chi connectivity index (χ0v) is 10.2. The van der Waals surface area contributed by atoms with E-state index in [9.17, 15) is 9.59 Å². The van der Waals surface area contributed by atoms with Crippen molar-refractivity contribution in [1.82, 2.24) is 0 Å². The van der Waals surface area contributed by atoms with E-state index in [1.54, 1.807) is 60.7 Å². The van der Waals surface area contributed by atoms with Crippen molar-refractivity contribution < 1.29 is 9.59 Å². The molecule has 2 aromatic rings. The third kappa shape index (κ3) is 1.97. The lowest BCUT2D eigenvalue weighted by molar-refractivity contribution is -0.132. The van der Waals surface area contributed by atoms with Crippen LogP contribution in [0.3, 0.4) is 0 Å². The van der Waals surface area contributed by atoms with Gasteiger partial charge in [-0.1, -0.05) is 60.7 Å². The largest absolute Gasteiger partial charge is 0.368 e. The lowest BCUT2D eigenvalue weighted by Gasteiger charge is -2.28. The molecule has 0 spiro atoms. The summed E-state index contributed by atoms with van der Waals surface area (Å²) in [5.41, 5.74) is 10.3. The minimum atomic E-state index is -1.64. The van der Waals surface area contributed by atoms with Crippen molar-refractivity contribution >= 4 is 11.8 Å². The van der Waals surface area contributed by atoms with Crippen molar-refractivity contribution in [2.45, 2.75) is 5.41 Å². The standard InChI is InChI=1S/C15H14N2O2/c16-13(18)15(14(17)19,11-7-3-1-4-8-11)12-9-5-2-6-10-12/h1-10H,(H2,16,18)(H2,17,19). The second-order valence-corrected chi connectivity index (χ2v) is 4.21. The highest BCUT2D eigenvalue weighted by atomic mass is 16.2. The number of hydrogen-bond donors (Lipinski definition) is 2. The minimum Gasteiger partial charge on any atom is -0.368 e. The van der Waals surface area contributed by atoms with Gasteiger partial charge in [0, 0.05) is 0 Å². The Morgan fingerprint density at radius 3 is 1.26 bits per heavy atom. The smallest absolute Gasteiger partial charge is 0.242 e. The average Bonchev–Trinajstić information content (AvgIpc) is 2.41. The highest BCUT2D eigenvalue weighted by Gasteiger charge is 2.46. The van der Waals surface area contributed by atoms with Crippen LogP contribution in [0.4, 0.5) is 0 Å². The summed E-state index contributed by atoms with van der Waals surface area (Å²) in [6, 6.07) is 17.2. The average molecular weight is 254 g/mol. The minimum absolute atomic E-state index is 0.473. The van der Waals surface area contributed by atoms with Crippen molar-refractivity contribution in [3.8, 4) is 0 Å². The van der Waals surface area contributed by atoms with Gasteiger partial charge in [0.25, 0.3) is 0 Å². The highest BCUT2D eigenvalue weighted by molar-refractivity contribution is 6.13. The van der Waals surface area contributed by atoms with Crippen LogP contribution in [-0.4, -0.2) is 11.8 Å². The van der Waals surface area contributed by atoms with Crippen LogP contribution in [0.2, 0.25) is 0 Å². The van der Waals surface area contributed by atoms with Gasteiger partial charge in [0.05, 0.1) is 0 Å². The molecule has 0 aliphatic heterocycles. The maximum absolute atomic E-state index is 12.0. The molecule has 4 nitrogen and oxygen atoms in total. The van der Waals surface area contributed by atoms with Gasteiger partial charge in [0.1, 0.15) is 0 Å². The van der Waals surface area contributed by atoms with Crippen LogP contribution >= 0.6 is 0 Å². The number of nitrogens with two attached hydrogens (primary N) is 2. The summed E-state index contributed by atoms with van der Waals surface area (Å²) < 4.78 is 0. The van der Waals surface area contributed by atoms with Gasteiger partial charge in [-0.3, -0.25) is 9.59 Å². The number of hydrogen-bond acceptors (Lipinski definition) is 2. The molecule has 0 bridgehead atoms. The predicted molar refractivity (Wildman–Crippen MR) is 72.1 cm³/mol. The van der Waals surface area contributed by atoms with Crippen LogP contribution in [0.5, 0.6) is 0 Å². The van der Waals surface area contributed by atoms with Crippen molar-refractivity contribution in [3.05, 3.63) is 71.8 Å². The molecule has 0 atom stereocenters. The number of amides is 2. The van der Waals surface area contributed by atoms with Crippen LogP contribution in [0.25, 0.3) is 0 Å². The van der Waals surface area contributed by atoms with Gasteiger partial charge in [-0.2, -0.15) is 0 Å². The Balaban J connectivity index is 2.77. The fraction of sp³-hybridized carbons (Fsp3) is 0.0667. The summed E-state index contributed by atoms with van der Waals surface area (Å²) in [4.78, 5) is 24.0. The molecule has 0 unspecified atom stereocenters. The van der Waals surface area contributed by atoms with E-state index >= 15 is 0 Å². The lowest BCUT2D eigenvalue weighted by atomic mass is 9.73. The van der Waals surface area contributed by atoms with E-state index in [4.69, 9.17) is 11.5 Å². The molecular weight excluding hydrogens is 240 g/mol. The number of benzene rings is 2. The molecular formula is C15H14N2O2. The Morgan fingerprint density at radius 1 is 0.684 bits per heavy atom. The SMILES string of the molecule is NC(=O)C(C(N)=O)(c1ccccc1)c1ccccc1. The predicted octanol–water partition coefficient (Wildman–Crippen LogP) is 0.943. The van der Waals surface area contributed by atoms with Gasteiger partial charge >= 0.3 is 0 Å². The van der Waals surface area contributed by atoms with E-state index in [2.05, 4.69) is 0 Å². The molecule has 0 fully saturated rings. The Hall–Kier alpha value is -2.62. The molecule has 2 amide bonds. The van der Waals surface area contributed by atoms with E-state index < -0.39 is 17.2 Å². The van der Waals surface area contributed by atoms with Crippen molar-refractivity contribution in [2.75, 3.05) is 0 Å². The van der Waals surface area contributed by atoms with Crippen LogP contribution in [0.15, 0.2) is 60.7 Å². The molecule has 2 rings (SSSR count). The molecule has 0 saturated carbocycles. The molecule has 4 N–H and O–H groups in total. The molecule has 0 heterocycles. The highest BCUT2D eigenvalue weighted by Crippen LogP contribution is 2.31. The van der Waals surface area contributed by atoms with Gasteiger partial charge in [0.2, 0.25) is 11.8 Å². The normalized spacial score (nSPS) is 10.9. The molecule has 0 aliphatic carbocycles. The van der Waals surface area contributed by atoms with E-state index in [1.807, 2.05) is 0 Å². The van der Waals surface area contributed by atoms with Crippen LogP contribution in [0, 0.1) is 0 Å². The fourth-order valence-electron chi connectivity index (χ4n) is 2.23. The monoisotopic (exact) mass is 254 g/mol. The fourth-order valence-corrected chi connectivity index (χ4v) is 2.23. The first-order chi connectivity index (χ1) is 9.10. The second-order valence-electron chi connectivity index (χ2n) is 4.21. The molecule has 0 aliphatic rings. The molecule has 2 aromatic carbocycles. The maximum Gasteiger partial charge on any atom is 0.242 e. The summed E-state index contributed by atoms with van der Waals surface area (Å²) in [7, 11) is 0. The van der Waals surface area contributed by atoms with Crippen molar-refractivity contribution in [3.63, 3.8) is 0 Å². The molecule has 19 heavy (non-hydrogen) atoms. The van der Waals surface area contributed by atoms with Gasteiger partial charge in [-0.25, -0.2) is 0 Å². The zero-order chi connectivity index (χ0) is 13.9.